The zero-order valence-electron chi connectivity index (χ0n) is 11.1. The molecule has 0 aliphatic heterocycles. The summed E-state index contributed by atoms with van der Waals surface area (Å²) >= 11 is 1.92. The van der Waals surface area contributed by atoms with Gasteiger partial charge in [0.2, 0.25) is 0 Å². The molecule has 19 heavy (non-hydrogen) atoms. The molecule has 2 rings (SSSR count). The maximum Gasteiger partial charge on any atom is 0.251 e. The standard InChI is InChI=1S/C15H18N2OS/c1-19-14-8-6-13(7-9-14)17-15(18)12-4-2-11(10-16)3-5-12/h2-5,13-14H,6-9H2,1H3,(H,17,18). The van der Waals surface area contributed by atoms with E-state index in [0.717, 1.165) is 18.1 Å². The molecule has 0 unspecified atom stereocenters. The van der Waals surface area contributed by atoms with Crippen LogP contribution in [0.25, 0.3) is 0 Å². The van der Waals surface area contributed by atoms with E-state index in [4.69, 9.17) is 5.26 Å². The average Bonchev–Trinajstić information content (AvgIpc) is 2.48. The lowest BCUT2D eigenvalue weighted by atomic mass is 9.94. The Morgan fingerprint density at radius 1 is 1.26 bits per heavy atom. The summed E-state index contributed by atoms with van der Waals surface area (Å²) in [7, 11) is 0. The summed E-state index contributed by atoms with van der Waals surface area (Å²) in [5.41, 5.74) is 1.21. The van der Waals surface area contributed by atoms with E-state index in [2.05, 4.69) is 17.6 Å². The minimum Gasteiger partial charge on any atom is -0.349 e. The van der Waals surface area contributed by atoms with Gasteiger partial charge < -0.3 is 5.32 Å². The molecule has 0 heterocycles. The highest BCUT2D eigenvalue weighted by atomic mass is 32.2. The second-order valence-electron chi connectivity index (χ2n) is 4.87. The lowest BCUT2D eigenvalue weighted by Gasteiger charge is -2.28. The van der Waals surface area contributed by atoms with Crippen LogP contribution in [0.15, 0.2) is 24.3 Å². The molecule has 1 aliphatic carbocycles. The summed E-state index contributed by atoms with van der Waals surface area (Å²) in [4.78, 5) is 12.1. The Bertz CT molecular complexity index is 470. The van der Waals surface area contributed by atoms with Crippen LogP contribution in [-0.4, -0.2) is 23.5 Å². The monoisotopic (exact) mass is 274 g/mol. The first-order valence-corrected chi connectivity index (χ1v) is 7.85. The summed E-state index contributed by atoms with van der Waals surface area (Å²) in [5.74, 6) is -0.0305. The molecule has 1 amide bonds. The van der Waals surface area contributed by atoms with Gasteiger partial charge in [-0.3, -0.25) is 4.79 Å². The maximum absolute atomic E-state index is 12.1. The first-order chi connectivity index (χ1) is 9.22. The fourth-order valence-corrected chi connectivity index (χ4v) is 3.15. The fourth-order valence-electron chi connectivity index (χ4n) is 2.41. The molecule has 100 valence electrons. The average molecular weight is 274 g/mol. The minimum absolute atomic E-state index is 0.0305. The van der Waals surface area contributed by atoms with E-state index < -0.39 is 0 Å². The van der Waals surface area contributed by atoms with Gasteiger partial charge in [0.15, 0.2) is 0 Å². The maximum atomic E-state index is 12.1. The fraction of sp³-hybridized carbons (Fsp3) is 0.467. The van der Waals surface area contributed by atoms with E-state index in [9.17, 15) is 4.79 Å². The summed E-state index contributed by atoms with van der Waals surface area (Å²) in [6.07, 6.45) is 6.64. The van der Waals surface area contributed by atoms with Gasteiger partial charge in [0.05, 0.1) is 11.6 Å². The third-order valence-corrected chi connectivity index (χ3v) is 4.76. The number of benzene rings is 1. The van der Waals surface area contributed by atoms with Gasteiger partial charge in [0.1, 0.15) is 0 Å². The van der Waals surface area contributed by atoms with Crippen molar-refractivity contribution in [1.82, 2.24) is 5.32 Å². The molecule has 1 aromatic rings. The molecule has 0 spiro atoms. The van der Waals surface area contributed by atoms with Crippen molar-refractivity contribution in [2.75, 3.05) is 6.26 Å². The van der Waals surface area contributed by atoms with Crippen LogP contribution < -0.4 is 5.32 Å². The third-order valence-electron chi connectivity index (χ3n) is 3.62. The van der Waals surface area contributed by atoms with Crippen LogP contribution in [-0.2, 0) is 0 Å². The van der Waals surface area contributed by atoms with Gasteiger partial charge in [0.25, 0.3) is 5.91 Å². The number of nitriles is 1. The number of carbonyl (C=O) groups is 1. The normalized spacial score (nSPS) is 22.5. The Hall–Kier alpha value is -1.47. The van der Waals surface area contributed by atoms with Crippen molar-refractivity contribution in [3.05, 3.63) is 35.4 Å². The van der Waals surface area contributed by atoms with E-state index >= 15 is 0 Å². The van der Waals surface area contributed by atoms with Crippen LogP contribution in [0.1, 0.15) is 41.6 Å². The van der Waals surface area contributed by atoms with Crippen molar-refractivity contribution in [3.63, 3.8) is 0 Å². The van der Waals surface area contributed by atoms with Crippen molar-refractivity contribution >= 4 is 17.7 Å². The predicted octanol–water partition coefficient (Wildman–Crippen LogP) is 2.96. The van der Waals surface area contributed by atoms with Gasteiger partial charge in [-0.1, -0.05) is 0 Å². The Labute approximate surface area is 118 Å². The van der Waals surface area contributed by atoms with Gasteiger partial charge >= 0.3 is 0 Å². The molecule has 1 aromatic carbocycles. The Morgan fingerprint density at radius 2 is 1.89 bits per heavy atom. The molecule has 1 saturated carbocycles. The molecule has 3 nitrogen and oxygen atoms in total. The largest absolute Gasteiger partial charge is 0.349 e. The van der Waals surface area contributed by atoms with Gasteiger partial charge in [-0.2, -0.15) is 17.0 Å². The lowest BCUT2D eigenvalue weighted by Crippen LogP contribution is -2.38. The van der Waals surface area contributed by atoms with E-state index in [0.29, 0.717) is 17.2 Å². The Morgan fingerprint density at radius 3 is 2.42 bits per heavy atom. The number of amides is 1. The highest BCUT2D eigenvalue weighted by Crippen LogP contribution is 2.26. The Balaban J connectivity index is 1.89. The van der Waals surface area contributed by atoms with Crippen molar-refractivity contribution < 1.29 is 4.79 Å². The molecule has 0 atom stereocenters. The van der Waals surface area contributed by atoms with Crippen LogP contribution in [0.4, 0.5) is 0 Å². The quantitative estimate of drug-likeness (QED) is 0.922. The van der Waals surface area contributed by atoms with Crippen LogP contribution >= 0.6 is 11.8 Å². The van der Waals surface area contributed by atoms with E-state index in [-0.39, 0.29) is 5.91 Å². The smallest absolute Gasteiger partial charge is 0.251 e. The highest BCUT2D eigenvalue weighted by molar-refractivity contribution is 7.99. The third kappa shape index (κ3) is 3.74. The molecule has 1 N–H and O–H groups in total. The Kier molecular flexibility index (Phi) is 4.86. The van der Waals surface area contributed by atoms with Crippen LogP contribution in [0.2, 0.25) is 0 Å². The van der Waals surface area contributed by atoms with Crippen molar-refractivity contribution in [3.8, 4) is 6.07 Å². The van der Waals surface area contributed by atoms with Crippen molar-refractivity contribution in [1.29, 1.82) is 5.26 Å². The van der Waals surface area contributed by atoms with E-state index in [1.165, 1.54) is 12.8 Å². The summed E-state index contributed by atoms with van der Waals surface area (Å²) < 4.78 is 0. The van der Waals surface area contributed by atoms with Crippen LogP contribution in [0.5, 0.6) is 0 Å². The molecule has 0 aromatic heterocycles. The topological polar surface area (TPSA) is 52.9 Å². The number of nitrogens with one attached hydrogen (secondary N) is 1. The molecule has 0 bridgehead atoms. The number of hydrogen-bond acceptors (Lipinski definition) is 3. The molecule has 0 radical (unpaired) electrons. The second-order valence-corrected chi connectivity index (χ2v) is 6.01. The molecular formula is C15H18N2OS. The molecule has 4 heteroatoms. The molecule has 0 saturated heterocycles. The van der Waals surface area contributed by atoms with Gasteiger partial charge in [-0.25, -0.2) is 0 Å². The van der Waals surface area contributed by atoms with E-state index in [1.54, 1.807) is 24.3 Å². The number of nitrogens with zero attached hydrogens (tertiary/aromatic N) is 1. The first-order valence-electron chi connectivity index (χ1n) is 6.56. The zero-order valence-corrected chi connectivity index (χ0v) is 11.9. The van der Waals surface area contributed by atoms with Crippen LogP contribution in [0.3, 0.4) is 0 Å². The molecule has 1 fully saturated rings. The van der Waals surface area contributed by atoms with E-state index in [1.807, 2.05) is 11.8 Å². The zero-order chi connectivity index (χ0) is 13.7. The van der Waals surface area contributed by atoms with Gasteiger partial charge in [0, 0.05) is 16.9 Å². The summed E-state index contributed by atoms with van der Waals surface area (Å²) in [5, 5.41) is 12.6. The van der Waals surface area contributed by atoms with Crippen molar-refractivity contribution in [2.24, 2.45) is 0 Å². The highest BCUT2D eigenvalue weighted by Gasteiger charge is 2.21. The molecule has 1 aliphatic rings. The summed E-state index contributed by atoms with van der Waals surface area (Å²) in [6.45, 7) is 0. The number of hydrogen-bond donors (Lipinski definition) is 1. The lowest BCUT2D eigenvalue weighted by molar-refractivity contribution is 0.0928. The van der Waals surface area contributed by atoms with Gasteiger partial charge in [-0.05, 0) is 56.2 Å². The molecular weight excluding hydrogens is 256 g/mol. The summed E-state index contributed by atoms with van der Waals surface area (Å²) in [6, 6.07) is 9.13. The predicted molar refractivity (Wildman–Crippen MR) is 78.2 cm³/mol. The second kappa shape index (κ2) is 6.63. The number of carbonyl (C=O) groups excluding carboxylic acids is 1. The number of thioether (sulfide) groups is 1. The SMILES string of the molecule is CSC1CCC(NC(=O)c2ccc(C#N)cc2)CC1. The van der Waals surface area contributed by atoms with Crippen LogP contribution in [0, 0.1) is 11.3 Å². The minimum atomic E-state index is -0.0305. The van der Waals surface area contributed by atoms with Crippen molar-refractivity contribution in [2.45, 2.75) is 37.0 Å². The number of rotatable bonds is 3. The first kappa shape index (κ1) is 14.0. The van der Waals surface area contributed by atoms with Gasteiger partial charge in [-0.15, -0.1) is 0 Å².